The van der Waals surface area contributed by atoms with Crippen LogP contribution in [0.5, 0.6) is 0 Å². The number of aromatic nitrogens is 3. The Balaban J connectivity index is 1.45. The van der Waals surface area contributed by atoms with Gasteiger partial charge in [-0.15, -0.1) is 0 Å². The number of hydrogen-bond acceptors (Lipinski definition) is 5. The molecule has 29 heavy (non-hydrogen) atoms. The maximum Gasteiger partial charge on any atom is 0.299 e. The minimum absolute atomic E-state index is 0.0721. The SMILES string of the molecule is O=C(CCn1cnc2c(-c3ccccc3)noc2c1=O)NCc1ccccc1Cl. The van der Waals surface area contributed by atoms with Gasteiger partial charge in [-0.05, 0) is 11.6 Å². The summed E-state index contributed by atoms with van der Waals surface area (Å²) in [7, 11) is 0. The fraction of sp³-hybridized carbons (Fsp3) is 0.143. The number of benzene rings is 2. The zero-order chi connectivity index (χ0) is 20.2. The Morgan fingerprint density at radius 3 is 2.66 bits per heavy atom. The zero-order valence-electron chi connectivity index (χ0n) is 15.3. The van der Waals surface area contributed by atoms with Crippen molar-refractivity contribution in [1.29, 1.82) is 0 Å². The molecule has 0 saturated carbocycles. The summed E-state index contributed by atoms with van der Waals surface area (Å²) in [5.41, 5.74) is 2.27. The van der Waals surface area contributed by atoms with E-state index in [1.807, 2.05) is 48.5 Å². The van der Waals surface area contributed by atoms with Crippen molar-refractivity contribution >= 4 is 28.6 Å². The molecule has 1 N–H and O–H groups in total. The van der Waals surface area contributed by atoms with E-state index in [4.69, 9.17) is 16.1 Å². The van der Waals surface area contributed by atoms with Crippen LogP contribution in [0.3, 0.4) is 0 Å². The highest BCUT2D eigenvalue weighted by Gasteiger charge is 2.16. The van der Waals surface area contributed by atoms with Gasteiger partial charge in [0, 0.05) is 30.1 Å². The Morgan fingerprint density at radius 2 is 1.86 bits per heavy atom. The standard InChI is InChI=1S/C21H17ClN4O3/c22-16-9-5-4-8-15(16)12-23-17(27)10-11-26-13-24-19-18(14-6-2-1-3-7-14)25-29-20(19)21(26)28/h1-9,13H,10-12H2,(H,23,27). The Kier molecular flexibility index (Phi) is 5.39. The van der Waals surface area contributed by atoms with E-state index in [0.717, 1.165) is 11.1 Å². The van der Waals surface area contributed by atoms with Gasteiger partial charge in [0.1, 0.15) is 11.2 Å². The summed E-state index contributed by atoms with van der Waals surface area (Å²) in [6, 6.07) is 16.7. The highest BCUT2D eigenvalue weighted by Crippen LogP contribution is 2.23. The summed E-state index contributed by atoms with van der Waals surface area (Å²) in [6.45, 7) is 0.505. The molecule has 0 aliphatic carbocycles. The van der Waals surface area contributed by atoms with Gasteiger partial charge in [-0.25, -0.2) is 4.98 Å². The second kappa shape index (κ2) is 8.28. The summed E-state index contributed by atoms with van der Waals surface area (Å²) in [5.74, 6) is -0.195. The molecular formula is C21H17ClN4O3. The lowest BCUT2D eigenvalue weighted by atomic mass is 10.1. The molecule has 7 nitrogen and oxygen atoms in total. The molecule has 0 atom stereocenters. The number of fused-ring (bicyclic) bond motifs is 1. The average molecular weight is 409 g/mol. The molecule has 2 heterocycles. The van der Waals surface area contributed by atoms with E-state index in [1.54, 1.807) is 6.07 Å². The summed E-state index contributed by atoms with van der Waals surface area (Å²) < 4.78 is 6.58. The molecule has 0 spiro atoms. The van der Waals surface area contributed by atoms with Crippen LogP contribution in [-0.4, -0.2) is 20.6 Å². The molecule has 1 amide bonds. The van der Waals surface area contributed by atoms with Gasteiger partial charge in [-0.3, -0.25) is 14.2 Å². The van der Waals surface area contributed by atoms with Crippen LogP contribution in [0, 0.1) is 0 Å². The topological polar surface area (TPSA) is 90.0 Å². The lowest BCUT2D eigenvalue weighted by Gasteiger charge is -2.08. The van der Waals surface area contributed by atoms with E-state index >= 15 is 0 Å². The van der Waals surface area contributed by atoms with Crippen molar-refractivity contribution in [1.82, 2.24) is 20.0 Å². The van der Waals surface area contributed by atoms with Crippen LogP contribution >= 0.6 is 11.6 Å². The zero-order valence-corrected chi connectivity index (χ0v) is 16.1. The van der Waals surface area contributed by atoms with Crippen molar-refractivity contribution in [2.75, 3.05) is 0 Å². The second-order valence-electron chi connectivity index (χ2n) is 6.44. The lowest BCUT2D eigenvalue weighted by molar-refractivity contribution is -0.121. The van der Waals surface area contributed by atoms with Crippen LogP contribution in [0.1, 0.15) is 12.0 Å². The highest BCUT2D eigenvalue weighted by atomic mass is 35.5. The van der Waals surface area contributed by atoms with E-state index in [2.05, 4.69) is 15.5 Å². The van der Waals surface area contributed by atoms with Gasteiger partial charge in [0.25, 0.3) is 11.1 Å². The molecule has 2 aromatic carbocycles. The number of nitrogens with zero attached hydrogens (tertiary/aromatic N) is 3. The Bertz CT molecular complexity index is 1220. The molecule has 0 fully saturated rings. The highest BCUT2D eigenvalue weighted by molar-refractivity contribution is 6.31. The lowest BCUT2D eigenvalue weighted by Crippen LogP contribution is -2.27. The molecule has 4 aromatic rings. The van der Waals surface area contributed by atoms with Crippen molar-refractivity contribution in [2.45, 2.75) is 19.5 Å². The first-order valence-electron chi connectivity index (χ1n) is 9.04. The minimum atomic E-state index is -0.372. The third-order valence-electron chi connectivity index (χ3n) is 4.51. The fourth-order valence-electron chi connectivity index (χ4n) is 2.95. The van der Waals surface area contributed by atoms with Crippen molar-refractivity contribution in [3.63, 3.8) is 0 Å². The molecule has 0 radical (unpaired) electrons. The summed E-state index contributed by atoms with van der Waals surface area (Å²) in [5, 5.41) is 7.38. The largest absolute Gasteiger partial charge is 0.352 e. The number of rotatable bonds is 6. The van der Waals surface area contributed by atoms with Crippen LogP contribution in [-0.2, 0) is 17.9 Å². The van der Waals surface area contributed by atoms with E-state index in [1.165, 1.54) is 10.9 Å². The normalized spacial score (nSPS) is 10.9. The molecule has 8 heteroatoms. The summed E-state index contributed by atoms with van der Waals surface area (Å²) in [4.78, 5) is 29.1. The van der Waals surface area contributed by atoms with Crippen molar-refractivity contribution < 1.29 is 9.32 Å². The minimum Gasteiger partial charge on any atom is -0.352 e. The van der Waals surface area contributed by atoms with Gasteiger partial charge in [-0.2, -0.15) is 0 Å². The predicted octanol–water partition coefficient (Wildman–Crippen LogP) is 3.41. The molecule has 4 rings (SSSR count). The number of nitrogens with one attached hydrogen (secondary N) is 1. The third kappa shape index (κ3) is 4.05. The van der Waals surface area contributed by atoms with Crippen molar-refractivity contribution in [3.05, 3.63) is 81.9 Å². The van der Waals surface area contributed by atoms with Crippen LogP contribution in [0.2, 0.25) is 5.02 Å². The van der Waals surface area contributed by atoms with Gasteiger partial charge in [0.15, 0.2) is 0 Å². The Labute approximate surface area is 170 Å². The van der Waals surface area contributed by atoms with E-state index in [0.29, 0.717) is 22.8 Å². The second-order valence-corrected chi connectivity index (χ2v) is 6.84. The van der Waals surface area contributed by atoms with Gasteiger partial charge in [0.2, 0.25) is 5.91 Å². The van der Waals surface area contributed by atoms with Crippen molar-refractivity contribution in [3.8, 4) is 11.3 Å². The number of amides is 1. The molecule has 2 aromatic heterocycles. The number of carbonyl (C=O) groups excluding carboxylic acids is 1. The first kappa shape index (κ1) is 18.9. The van der Waals surface area contributed by atoms with E-state index in [-0.39, 0.29) is 30.0 Å². The summed E-state index contributed by atoms with van der Waals surface area (Å²) >= 11 is 6.08. The van der Waals surface area contributed by atoms with Gasteiger partial charge < -0.3 is 9.84 Å². The van der Waals surface area contributed by atoms with Gasteiger partial charge in [-0.1, -0.05) is 65.3 Å². The first-order chi connectivity index (χ1) is 14.1. The monoisotopic (exact) mass is 408 g/mol. The molecule has 0 unspecified atom stereocenters. The van der Waals surface area contributed by atoms with Crippen LogP contribution < -0.4 is 10.9 Å². The molecule has 0 bridgehead atoms. The predicted molar refractivity (Wildman–Crippen MR) is 109 cm³/mol. The van der Waals surface area contributed by atoms with Crippen LogP contribution in [0.15, 0.2) is 70.2 Å². The third-order valence-corrected chi connectivity index (χ3v) is 4.88. The van der Waals surface area contributed by atoms with E-state index < -0.39 is 0 Å². The van der Waals surface area contributed by atoms with Crippen molar-refractivity contribution in [2.24, 2.45) is 0 Å². The molecule has 146 valence electrons. The number of aryl methyl sites for hydroxylation is 1. The Hall–Kier alpha value is -3.45. The van der Waals surface area contributed by atoms with Gasteiger partial charge >= 0.3 is 0 Å². The van der Waals surface area contributed by atoms with Gasteiger partial charge in [0.05, 0.1) is 6.33 Å². The number of hydrogen-bond donors (Lipinski definition) is 1. The fourth-order valence-corrected chi connectivity index (χ4v) is 3.15. The smallest absolute Gasteiger partial charge is 0.299 e. The van der Waals surface area contributed by atoms with E-state index in [9.17, 15) is 9.59 Å². The van der Waals surface area contributed by atoms with Crippen LogP contribution in [0.4, 0.5) is 0 Å². The molecule has 0 aliphatic rings. The maximum atomic E-state index is 12.6. The first-order valence-corrected chi connectivity index (χ1v) is 9.41. The quantitative estimate of drug-likeness (QED) is 0.528. The number of carbonyl (C=O) groups is 1. The molecule has 0 aliphatic heterocycles. The summed E-state index contributed by atoms with van der Waals surface area (Å²) in [6.07, 6.45) is 1.53. The molecule has 0 saturated heterocycles. The Morgan fingerprint density at radius 1 is 1.10 bits per heavy atom. The average Bonchev–Trinajstić information content (AvgIpc) is 3.18. The maximum absolute atomic E-state index is 12.6. The molecular weight excluding hydrogens is 392 g/mol. The van der Waals surface area contributed by atoms with Crippen LogP contribution in [0.25, 0.3) is 22.4 Å². The number of halogens is 1.